The number of rotatable bonds is 6. The summed E-state index contributed by atoms with van der Waals surface area (Å²) in [6.45, 7) is 6.08. The molecular formula is C13H23NO2. The molecule has 1 N–H and O–H groups in total. The van der Waals surface area contributed by atoms with Crippen molar-refractivity contribution in [3.8, 4) is 0 Å². The lowest BCUT2D eigenvalue weighted by atomic mass is 9.74. The van der Waals surface area contributed by atoms with Crippen LogP contribution in [0.25, 0.3) is 0 Å². The SMILES string of the molecule is CC(C)CCCCOC(=O)C1C2CNC1C2. The van der Waals surface area contributed by atoms with E-state index in [-0.39, 0.29) is 11.9 Å². The lowest BCUT2D eigenvalue weighted by molar-refractivity contribution is -0.153. The number of hydrogen-bond acceptors (Lipinski definition) is 3. The number of esters is 1. The van der Waals surface area contributed by atoms with E-state index < -0.39 is 0 Å². The summed E-state index contributed by atoms with van der Waals surface area (Å²) in [4.78, 5) is 11.7. The van der Waals surface area contributed by atoms with Crippen molar-refractivity contribution in [1.29, 1.82) is 0 Å². The lowest BCUT2D eigenvalue weighted by Gasteiger charge is -2.32. The minimum atomic E-state index is 0.0378. The Labute approximate surface area is 97.9 Å². The predicted molar refractivity (Wildman–Crippen MR) is 63.0 cm³/mol. The Morgan fingerprint density at radius 1 is 1.44 bits per heavy atom. The van der Waals surface area contributed by atoms with Crippen LogP contribution in [0.15, 0.2) is 0 Å². The maximum Gasteiger partial charge on any atom is 0.310 e. The molecule has 0 aromatic rings. The Hall–Kier alpha value is -0.570. The summed E-state index contributed by atoms with van der Waals surface area (Å²) < 4.78 is 5.33. The summed E-state index contributed by atoms with van der Waals surface area (Å²) in [5, 5.41) is 3.34. The highest BCUT2D eigenvalue weighted by Crippen LogP contribution is 2.40. The molecule has 3 rings (SSSR count). The first-order valence-corrected chi connectivity index (χ1v) is 6.58. The molecule has 2 aliphatic heterocycles. The van der Waals surface area contributed by atoms with Crippen LogP contribution >= 0.6 is 0 Å². The molecule has 16 heavy (non-hydrogen) atoms. The average Bonchev–Trinajstić information content (AvgIpc) is 2.77. The highest BCUT2D eigenvalue weighted by atomic mass is 16.5. The van der Waals surface area contributed by atoms with Gasteiger partial charge >= 0.3 is 5.97 Å². The van der Waals surface area contributed by atoms with Crippen molar-refractivity contribution in [2.24, 2.45) is 17.8 Å². The normalized spacial score (nSPS) is 31.6. The van der Waals surface area contributed by atoms with Crippen LogP contribution in [0.4, 0.5) is 0 Å². The minimum absolute atomic E-state index is 0.0378. The molecule has 3 unspecified atom stereocenters. The number of fused-ring (bicyclic) bond motifs is 1. The molecule has 1 aliphatic carbocycles. The van der Waals surface area contributed by atoms with Gasteiger partial charge in [0.05, 0.1) is 12.5 Å². The van der Waals surface area contributed by atoms with E-state index in [2.05, 4.69) is 19.2 Å². The van der Waals surface area contributed by atoms with Gasteiger partial charge in [0.15, 0.2) is 0 Å². The van der Waals surface area contributed by atoms with Crippen LogP contribution in [0.5, 0.6) is 0 Å². The molecule has 1 saturated carbocycles. The zero-order chi connectivity index (χ0) is 11.5. The molecular weight excluding hydrogens is 202 g/mol. The third kappa shape index (κ3) is 2.57. The standard InChI is InChI=1S/C13H23NO2/c1-9(2)5-3-4-6-16-13(15)12-10-7-11(12)14-8-10/h9-12,14H,3-8H2,1-2H3. The topological polar surface area (TPSA) is 38.3 Å². The summed E-state index contributed by atoms with van der Waals surface area (Å²) in [6, 6.07) is 0.424. The Morgan fingerprint density at radius 3 is 2.81 bits per heavy atom. The fraction of sp³-hybridized carbons (Fsp3) is 0.923. The largest absolute Gasteiger partial charge is 0.465 e. The maximum absolute atomic E-state index is 11.7. The third-order valence-electron chi connectivity index (χ3n) is 3.83. The molecule has 2 saturated heterocycles. The second kappa shape index (κ2) is 5.17. The van der Waals surface area contributed by atoms with Crippen LogP contribution in [0.2, 0.25) is 0 Å². The summed E-state index contributed by atoms with van der Waals surface area (Å²) in [6.07, 6.45) is 4.58. The van der Waals surface area contributed by atoms with Gasteiger partial charge in [-0.15, -0.1) is 0 Å². The monoisotopic (exact) mass is 225 g/mol. The van der Waals surface area contributed by atoms with Crippen LogP contribution in [-0.4, -0.2) is 25.2 Å². The van der Waals surface area contributed by atoms with Crippen LogP contribution in [0, 0.1) is 17.8 Å². The number of carbonyl (C=O) groups is 1. The second-order valence-corrected chi connectivity index (χ2v) is 5.59. The van der Waals surface area contributed by atoms with E-state index in [0.29, 0.717) is 18.6 Å². The molecule has 0 aromatic heterocycles. The Morgan fingerprint density at radius 2 is 2.25 bits per heavy atom. The molecule has 2 heterocycles. The first-order chi connectivity index (χ1) is 7.68. The smallest absolute Gasteiger partial charge is 0.310 e. The van der Waals surface area contributed by atoms with Crippen molar-refractivity contribution in [3.05, 3.63) is 0 Å². The molecule has 3 aliphatic rings. The fourth-order valence-corrected chi connectivity index (χ4v) is 2.76. The fourth-order valence-electron chi connectivity index (χ4n) is 2.76. The van der Waals surface area contributed by atoms with Gasteiger partial charge in [0.25, 0.3) is 0 Å². The Bertz CT molecular complexity index is 238. The van der Waals surface area contributed by atoms with Gasteiger partial charge in [0.1, 0.15) is 0 Å². The van der Waals surface area contributed by atoms with Crippen molar-refractivity contribution in [3.63, 3.8) is 0 Å². The van der Waals surface area contributed by atoms with Crippen LogP contribution in [-0.2, 0) is 9.53 Å². The van der Waals surface area contributed by atoms with E-state index in [1.165, 1.54) is 19.3 Å². The number of unbranched alkanes of at least 4 members (excludes halogenated alkanes) is 1. The molecule has 3 atom stereocenters. The Kier molecular flexibility index (Phi) is 3.85. The molecule has 92 valence electrons. The van der Waals surface area contributed by atoms with E-state index in [0.717, 1.165) is 18.9 Å². The van der Waals surface area contributed by atoms with Crippen LogP contribution in [0.1, 0.15) is 39.5 Å². The minimum Gasteiger partial charge on any atom is -0.465 e. The molecule has 0 spiro atoms. The maximum atomic E-state index is 11.7. The third-order valence-corrected chi connectivity index (χ3v) is 3.83. The zero-order valence-corrected chi connectivity index (χ0v) is 10.4. The van der Waals surface area contributed by atoms with Crippen molar-refractivity contribution < 1.29 is 9.53 Å². The molecule has 3 nitrogen and oxygen atoms in total. The van der Waals surface area contributed by atoms with E-state index in [9.17, 15) is 4.79 Å². The summed E-state index contributed by atoms with van der Waals surface area (Å²) in [5.74, 6) is 1.52. The number of ether oxygens (including phenoxy) is 1. The molecule has 0 aromatic carbocycles. The molecule has 0 radical (unpaired) electrons. The van der Waals surface area contributed by atoms with Crippen molar-refractivity contribution in [1.82, 2.24) is 5.32 Å². The first-order valence-electron chi connectivity index (χ1n) is 6.58. The quantitative estimate of drug-likeness (QED) is 0.555. The molecule has 2 bridgehead atoms. The molecule has 3 heteroatoms. The first kappa shape index (κ1) is 11.9. The van der Waals surface area contributed by atoms with E-state index in [1.54, 1.807) is 0 Å². The summed E-state index contributed by atoms with van der Waals surface area (Å²) in [5.41, 5.74) is 0. The zero-order valence-electron chi connectivity index (χ0n) is 10.4. The van der Waals surface area contributed by atoms with E-state index >= 15 is 0 Å². The van der Waals surface area contributed by atoms with E-state index in [1.807, 2.05) is 0 Å². The Balaban J connectivity index is 1.55. The van der Waals surface area contributed by atoms with Gasteiger partial charge in [-0.3, -0.25) is 4.79 Å². The number of hydrogen-bond donors (Lipinski definition) is 1. The van der Waals surface area contributed by atoms with Gasteiger partial charge in [-0.25, -0.2) is 0 Å². The van der Waals surface area contributed by atoms with Crippen molar-refractivity contribution in [2.45, 2.75) is 45.6 Å². The van der Waals surface area contributed by atoms with Gasteiger partial charge in [0, 0.05) is 6.04 Å². The number of nitrogens with one attached hydrogen (secondary N) is 1. The van der Waals surface area contributed by atoms with Gasteiger partial charge in [-0.05, 0) is 37.6 Å². The average molecular weight is 225 g/mol. The van der Waals surface area contributed by atoms with Gasteiger partial charge < -0.3 is 10.1 Å². The summed E-state index contributed by atoms with van der Waals surface area (Å²) >= 11 is 0. The lowest BCUT2D eigenvalue weighted by Crippen LogP contribution is -2.43. The molecule has 0 amide bonds. The number of carbonyl (C=O) groups excluding carboxylic acids is 1. The van der Waals surface area contributed by atoms with Gasteiger partial charge in [-0.1, -0.05) is 20.3 Å². The second-order valence-electron chi connectivity index (χ2n) is 5.59. The van der Waals surface area contributed by atoms with Gasteiger partial charge in [0.2, 0.25) is 0 Å². The van der Waals surface area contributed by atoms with E-state index in [4.69, 9.17) is 4.74 Å². The van der Waals surface area contributed by atoms with Crippen LogP contribution < -0.4 is 5.32 Å². The highest BCUT2D eigenvalue weighted by molar-refractivity contribution is 5.75. The van der Waals surface area contributed by atoms with Crippen molar-refractivity contribution >= 4 is 5.97 Å². The van der Waals surface area contributed by atoms with Gasteiger partial charge in [-0.2, -0.15) is 0 Å². The molecule has 3 fully saturated rings. The van der Waals surface area contributed by atoms with Crippen LogP contribution in [0.3, 0.4) is 0 Å². The summed E-state index contributed by atoms with van der Waals surface area (Å²) in [7, 11) is 0. The predicted octanol–water partition coefficient (Wildman–Crippen LogP) is 1.96. The highest BCUT2D eigenvalue weighted by Gasteiger charge is 2.51. The van der Waals surface area contributed by atoms with Crippen molar-refractivity contribution in [2.75, 3.05) is 13.2 Å².